The first-order valence-electron chi connectivity index (χ1n) is 6.40. The molecule has 1 aromatic carbocycles. The van der Waals surface area contributed by atoms with Crippen LogP contribution in [0.25, 0.3) is 5.57 Å². The largest absolute Gasteiger partial charge is 0.419 e. The van der Waals surface area contributed by atoms with E-state index < -0.39 is 0 Å². The lowest BCUT2D eigenvalue weighted by Crippen LogP contribution is -2.13. The number of amidine groups is 1. The van der Waals surface area contributed by atoms with E-state index in [0.29, 0.717) is 16.8 Å². The Hall–Kier alpha value is -2.93. The second kappa shape index (κ2) is 6.68. The fourth-order valence-electron chi connectivity index (χ4n) is 1.92. The van der Waals surface area contributed by atoms with Crippen LogP contribution in [-0.2, 0) is 11.4 Å². The highest BCUT2D eigenvalue weighted by Crippen LogP contribution is 2.18. The van der Waals surface area contributed by atoms with Gasteiger partial charge in [0.2, 0.25) is 0 Å². The quantitative estimate of drug-likeness (QED) is 0.249. The molecule has 114 valence electrons. The summed E-state index contributed by atoms with van der Waals surface area (Å²) in [5.74, 6) is 4.42. The number of nitrogens with two attached hydrogens (primary N) is 2. The number of halogens is 1. The summed E-state index contributed by atoms with van der Waals surface area (Å²) in [5.41, 5.74) is 7.34. The molecule has 0 amide bonds. The van der Waals surface area contributed by atoms with E-state index in [1.165, 1.54) is 17.0 Å². The van der Waals surface area contributed by atoms with Crippen LogP contribution < -0.4 is 11.6 Å². The van der Waals surface area contributed by atoms with Gasteiger partial charge >= 0.3 is 0 Å². The van der Waals surface area contributed by atoms with Crippen LogP contribution in [0.15, 0.2) is 49.2 Å². The normalized spacial score (nSPS) is 10.8. The lowest BCUT2D eigenvalue weighted by Gasteiger charge is -2.08. The van der Waals surface area contributed by atoms with Crippen molar-refractivity contribution in [2.75, 3.05) is 0 Å². The summed E-state index contributed by atoms with van der Waals surface area (Å²) >= 11 is 0. The van der Waals surface area contributed by atoms with Gasteiger partial charge in [-0.2, -0.15) is 11.0 Å². The van der Waals surface area contributed by atoms with Crippen LogP contribution in [0.1, 0.15) is 17.0 Å². The highest BCUT2D eigenvalue weighted by molar-refractivity contribution is 5.94. The van der Waals surface area contributed by atoms with Crippen LogP contribution in [0, 0.1) is 11.2 Å². The van der Waals surface area contributed by atoms with Gasteiger partial charge in [-0.1, -0.05) is 24.8 Å². The highest BCUT2D eigenvalue weighted by atomic mass is 19.1. The van der Waals surface area contributed by atoms with E-state index in [2.05, 4.69) is 16.5 Å². The molecule has 0 unspecified atom stereocenters. The van der Waals surface area contributed by atoms with Gasteiger partial charge in [-0.05, 0) is 23.8 Å². The Labute approximate surface area is 127 Å². The van der Waals surface area contributed by atoms with Crippen molar-refractivity contribution in [3.8, 4) is 0 Å². The lowest BCUT2D eigenvalue weighted by molar-refractivity contribution is 0.261. The minimum atomic E-state index is -0.334. The minimum Gasteiger partial charge on any atom is -0.419 e. The van der Waals surface area contributed by atoms with Crippen molar-refractivity contribution < 1.29 is 9.23 Å². The molecule has 6 nitrogen and oxygen atoms in total. The number of benzene rings is 1. The second-order valence-electron chi connectivity index (χ2n) is 4.54. The number of rotatable bonds is 6. The fourth-order valence-corrected chi connectivity index (χ4v) is 1.92. The SMILES string of the molecule is C=C(/C=C\ON)c1cc(C(=N)N)nn1Cc1ccccc1F. The van der Waals surface area contributed by atoms with Crippen LogP contribution in [0.5, 0.6) is 0 Å². The Bertz CT molecular complexity index is 735. The first-order chi connectivity index (χ1) is 10.5. The number of nitrogens with zero attached hydrogens (tertiary/aromatic N) is 2. The number of allylic oxidation sites excluding steroid dienone is 2. The van der Waals surface area contributed by atoms with Gasteiger partial charge in [0.25, 0.3) is 0 Å². The van der Waals surface area contributed by atoms with Crippen LogP contribution >= 0.6 is 0 Å². The maximum Gasteiger partial charge on any atom is 0.143 e. The summed E-state index contributed by atoms with van der Waals surface area (Å²) in [6, 6.07) is 8.00. The minimum absolute atomic E-state index is 0.180. The molecule has 1 heterocycles. The predicted octanol–water partition coefficient (Wildman–Crippen LogP) is 1.77. The molecule has 0 bridgehead atoms. The standard InChI is InChI=1S/C15H16FN5O/c1-10(6-7-22-19)14-8-13(15(17)18)20-21(14)9-11-4-2-3-5-12(11)16/h2-8H,1,9,19H2,(H3,17,18)/b7-6-. The van der Waals surface area contributed by atoms with E-state index in [9.17, 15) is 4.39 Å². The Morgan fingerprint density at radius 1 is 1.45 bits per heavy atom. The maximum atomic E-state index is 13.8. The third-order valence-electron chi connectivity index (χ3n) is 3.01. The molecular weight excluding hydrogens is 285 g/mol. The van der Waals surface area contributed by atoms with Gasteiger partial charge in [-0.15, -0.1) is 0 Å². The van der Waals surface area contributed by atoms with Gasteiger partial charge in [-0.3, -0.25) is 10.1 Å². The van der Waals surface area contributed by atoms with E-state index in [4.69, 9.17) is 17.0 Å². The zero-order valence-electron chi connectivity index (χ0n) is 11.8. The van der Waals surface area contributed by atoms with E-state index >= 15 is 0 Å². The summed E-state index contributed by atoms with van der Waals surface area (Å²) in [4.78, 5) is 4.37. The number of hydrogen-bond donors (Lipinski definition) is 3. The van der Waals surface area contributed by atoms with E-state index in [1.54, 1.807) is 30.3 Å². The molecule has 0 aliphatic heterocycles. The molecule has 0 saturated carbocycles. The van der Waals surface area contributed by atoms with Crippen molar-refractivity contribution in [1.82, 2.24) is 9.78 Å². The van der Waals surface area contributed by atoms with Crippen LogP contribution in [0.3, 0.4) is 0 Å². The van der Waals surface area contributed by atoms with Crippen LogP contribution in [-0.4, -0.2) is 15.6 Å². The van der Waals surface area contributed by atoms with Crippen LogP contribution in [0.2, 0.25) is 0 Å². The average molecular weight is 301 g/mol. The summed E-state index contributed by atoms with van der Waals surface area (Å²) < 4.78 is 15.3. The van der Waals surface area contributed by atoms with Crippen molar-refractivity contribution in [2.45, 2.75) is 6.54 Å². The van der Waals surface area contributed by atoms with Crippen molar-refractivity contribution in [1.29, 1.82) is 5.41 Å². The summed E-state index contributed by atoms with van der Waals surface area (Å²) in [6.07, 6.45) is 2.80. The van der Waals surface area contributed by atoms with Gasteiger partial charge in [0.05, 0.1) is 12.2 Å². The molecule has 22 heavy (non-hydrogen) atoms. The molecule has 2 aromatic rings. The number of hydrogen-bond acceptors (Lipinski definition) is 4. The Morgan fingerprint density at radius 3 is 2.82 bits per heavy atom. The molecule has 0 spiro atoms. The summed E-state index contributed by atoms with van der Waals surface area (Å²) in [6.45, 7) is 4.06. The first kappa shape index (κ1) is 15.5. The maximum absolute atomic E-state index is 13.8. The number of nitrogen functional groups attached to an aromatic ring is 1. The molecule has 0 radical (unpaired) electrons. The van der Waals surface area contributed by atoms with Gasteiger partial charge in [0, 0.05) is 5.56 Å². The second-order valence-corrected chi connectivity index (χ2v) is 4.54. The molecular formula is C15H16FN5O. The molecule has 0 saturated heterocycles. The fraction of sp³-hybridized carbons (Fsp3) is 0.0667. The predicted molar refractivity (Wildman–Crippen MR) is 82.2 cm³/mol. The zero-order chi connectivity index (χ0) is 16.1. The number of nitrogens with one attached hydrogen (secondary N) is 1. The summed E-state index contributed by atoms with van der Waals surface area (Å²) in [7, 11) is 0. The molecule has 2 rings (SSSR count). The smallest absolute Gasteiger partial charge is 0.143 e. The molecule has 0 fully saturated rings. The molecule has 1 aromatic heterocycles. The Balaban J connectivity index is 2.41. The Kier molecular flexibility index (Phi) is 4.70. The van der Waals surface area contributed by atoms with E-state index in [-0.39, 0.29) is 23.9 Å². The molecule has 0 aliphatic rings. The van der Waals surface area contributed by atoms with Gasteiger partial charge in [0.1, 0.15) is 23.6 Å². The zero-order valence-corrected chi connectivity index (χ0v) is 11.8. The summed E-state index contributed by atoms with van der Waals surface area (Å²) in [5, 5.41) is 11.7. The monoisotopic (exact) mass is 301 g/mol. The van der Waals surface area contributed by atoms with E-state index in [0.717, 1.165) is 0 Å². The van der Waals surface area contributed by atoms with Crippen molar-refractivity contribution in [3.05, 3.63) is 72.0 Å². The third-order valence-corrected chi connectivity index (χ3v) is 3.01. The molecule has 5 N–H and O–H groups in total. The molecule has 0 aliphatic carbocycles. The van der Waals surface area contributed by atoms with Crippen molar-refractivity contribution in [3.63, 3.8) is 0 Å². The third kappa shape index (κ3) is 3.39. The lowest BCUT2D eigenvalue weighted by atomic mass is 10.1. The van der Waals surface area contributed by atoms with Crippen LogP contribution in [0.4, 0.5) is 4.39 Å². The average Bonchev–Trinajstić information content (AvgIpc) is 2.91. The topological polar surface area (TPSA) is 103 Å². The highest BCUT2D eigenvalue weighted by Gasteiger charge is 2.13. The first-order valence-corrected chi connectivity index (χ1v) is 6.40. The van der Waals surface area contributed by atoms with E-state index in [1.807, 2.05) is 0 Å². The number of aromatic nitrogens is 2. The van der Waals surface area contributed by atoms with Crippen molar-refractivity contribution in [2.24, 2.45) is 11.6 Å². The van der Waals surface area contributed by atoms with Crippen molar-refractivity contribution >= 4 is 11.4 Å². The molecule has 7 heteroatoms. The van der Waals surface area contributed by atoms with Gasteiger partial charge < -0.3 is 10.6 Å². The van der Waals surface area contributed by atoms with Gasteiger partial charge in [0.15, 0.2) is 0 Å². The molecule has 0 atom stereocenters. The Morgan fingerprint density at radius 2 is 2.18 bits per heavy atom. The van der Waals surface area contributed by atoms with Gasteiger partial charge in [-0.25, -0.2) is 4.39 Å².